The highest BCUT2D eigenvalue weighted by molar-refractivity contribution is 6.74. The molecule has 0 radical (unpaired) electrons. The minimum Gasteiger partial charge on any atom is -0.397 e. The highest BCUT2D eigenvalue weighted by Gasteiger charge is 2.60. The molecule has 1 amide bonds. The van der Waals surface area contributed by atoms with Gasteiger partial charge in [0.15, 0.2) is 8.32 Å². The smallest absolute Gasteiger partial charge is 0.228 e. The summed E-state index contributed by atoms with van der Waals surface area (Å²) >= 11 is 0. The fraction of sp³-hybridized carbons (Fsp3) is 0.609. The molecule has 2 aliphatic carbocycles. The third-order valence-corrected chi connectivity index (χ3v) is 11.9. The number of amides is 1. The van der Waals surface area contributed by atoms with E-state index in [0.717, 1.165) is 19.4 Å². The first kappa shape index (κ1) is 18.9. The zero-order valence-electron chi connectivity index (χ0n) is 17.3. The molecule has 1 saturated carbocycles. The molecular weight excluding hydrogens is 350 g/mol. The van der Waals surface area contributed by atoms with E-state index < -0.39 is 8.32 Å². The second-order valence-corrected chi connectivity index (χ2v) is 14.8. The number of allylic oxidation sites excluding steroid dienone is 2. The fourth-order valence-electron chi connectivity index (χ4n) is 4.87. The molecule has 1 heterocycles. The third kappa shape index (κ3) is 3.21. The molecular formula is C23H33NO2Si. The molecule has 1 saturated heterocycles. The van der Waals surface area contributed by atoms with E-state index in [1.807, 2.05) is 6.07 Å². The average Bonchev–Trinajstić information content (AvgIpc) is 3.27. The zero-order chi connectivity index (χ0) is 19.4. The number of likely N-dealkylation sites (tertiary alicyclic amines) is 1. The van der Waals surface area contributed by atoms with Gasteiger partial charge in [-0.2, -0.15) is 0 Å². The number of carbonyl (C=O) groups excluding carboxylic acids is 1. The second-order valence-electron chi connectivity index (χ2n) is 10.1. The minimum absolute atomic E-state index is 0.0490. The predicted octanol–water partition coefficient (Wildman–Crippen LogP) is 4.86. The van der Waals surface area contributed by atoms with Crippen LogP contribution in [0.4, 0.5) is 0 Å². The lowest BCUT2D eigenvalue weighted by atomic mass is 9.85. The Morgan fingerprint density at radius 2 is 1.78 bits per heavy atom. The van der Waals surface area contributed by atoms with Gasteiger partial charge in [0.1, 0.15) is 6.23 Å². The van der Waals surface area contributed by atoms with Crippen molar-refractivity contribution in [1.29, 1.82) is 0 Å². The van der Waals surface area contributed by atoms with Crippen LogP contribution in [0.5, 0.6) is 0 Å². The van der Waals surface area contributed by atoms with E-state index in [-0.39, 0.29) is 17.2 Å². The first-order valence-corrected chi connectivity index (χ1v) is 13.3. The number of fused-ring (bicyclic) bond motifs is 5. The first-order valence-electron chi connectivity index (χ1n) is 10.4. The van der Waals surface area contributed by atoms with E-state index in [9.17, 15) is 4.79 Å². The van der Waals surface area contributed by atoms with Crippen LogP contribution < -0.4 is 0 Å². The Kier molecular flexibility index (Phi) is 4.63. The third-order valence-electron chi connectivity index (χ3n) is 7.43. The number of carbonyl (C=O) groups is 1. The maximum atomic E-state index is 13.4. The first-order chi connectivity index (χ1) is 12.7. The van der Waals surface area contributed by atoms with Gasteiger partial charge in [-0.15, -0.1) is 0 Å². The summed E-state index contributed by atoms with van der Waals surface area (Å²) in [7, 11) is -1.96. The van der Waals surface area contributed by atoms with E-state index in [1.165, 1.54) is 5.56 Å². The fourth-order valence-corrected chi connectivity index (χ4v) is 6.12. The van der Waals surface area contributed by atoms with Crippen molar-refractivity contribution in [2.45, 2.75) is 58.0 Å². The summed E-state index contributed by atoms with van der Waals surface area (Å²) < 4.78 is 6.91. The standard InChI is InChI=1S/C23H33NO2Si/c1-23(2,3)27(4,5)26-22-20-18-12-11-17(15-18)19(20)21(25)24(22)14-13-16-9-7-6-8-10-16/h6-12,17-20,22H,13-15H2,1-5H3/t17-,18+,19-,20+,22-/m0/s1. The molecule has 2 fully saturated rings. The summed E-state index contributed by atoms with van der Waals surface area (Å²) in [6.07, 6.45) is 6.62. The maximum Gasteiger partial charge on any atom is 0.228 e. The highest BCUT2D eigenvalue weighted by atomic mass is 28.4. The van der Waals surface area contributed by atoms with Crippen molar-refractivity contribution >= 4 is 14.2 Å². The van der Waals surface area contributed by atoms with Crippen molar-refractivity contribution in [3.63, 3.8) is 0 Å². The van der Waals surface area contributed by atoms with Crippen molar-refractivity contribution in [2.75, 3.05) is 6.54 Å². The van der Waals surface area contributed by atoms with Gasteiger partial charge in [-0.05, 0) is 48.4 Å². The van der Waals surface area contributed by atoms with Crippen LogP contribution in [0.25, 0.3) is 0 Å². The summed E-state index contributed by atoms with van der Waals surface area (Å²) in [6, 6.07) is 10.5. The molecule has 0 spiro atoms. The molecule has 1 aromatic rings. The molecule has 0 N–H and O–H groups in total. The van der Waals surface area contributed by atoms with Gasteiger partial charge in [0.25, 0.3) is 0 Å². The largest absolute Gasteiger partial charge is 0.397 e. The maximum absolute atomic E-state index is 13.4. The number of hydrogen-bond donors (Lipinski definition) is 0. The average molecular weight is 384 g/mol. The Balaban J connectivity index is 1.59. The SMILES string of the molecule is CC(C)(C)[Si](C)(C)O[C@H]1[C@H]2[C@@H](C(=O)N1CCc1ccccc1)[C@H]1C=C[C@@H]2C1. The molecule has 0 unspecified atom stereocenters. The summed E-state index contributed by atoms with van der Waals surface area (Å²) in [6.45, 7) is 12.2. The molecule has 2 bridgehead atoms. The highest BCUT2D eigenvalue weighted by Crippen LogP contribution is 2.55. The van der Waals surface area contributed by atoms with Crippen molar-refractivity contribution < 1.29 is 9.22 Å². The second kappa shape index (κ2) is 6.59. The van der Waals surface area contributed by atoms with Gasteiger partial charge in [0, 0.05) is 12.5 Å². The van der Waals surface area contributed by atoms with Crippen LogP contribution >= 0.6 is 0 Å². The minimum atomic E-state index is -1.96. The lowest BCUT2D eigenvalue weighted by molar-refractivity contribution is -0.136. The van der Waals surface area contributed by atoms with Crippen LogP contribution in [0.1, 0.15) is 32.8 Å². The van der Waals surface area contributed by atoms with Gasteiger partial charge in [-0.3, -0.25) is 4.79 Å². The van der Waals surface area contributed by atoms with Crippen molar-refractivity contribution in [2.24, 2.45) is 23.7 Å². The summed E-state index contributed by atoms with van der Waals surface area (Å²) in [5.41, 5.74) is 1.29. The summed E-state index contributed by atoms with van der Waals surface area (Å²) in [5.74, 6) is 1.76. The van der Waals surface area contributed by atoms with Gasteiger partial charge < -0.3 is 9.33 Å². The lowest BCUT2D eigenvalue weighted by Crippen LogP contribution is -2.50. The normalized spacial score (nSPS) is 32.4. The Bertz CT molecular complexity index is 736. The van der Waals surface area contributed by atoms with Crippen LogP contribution in [0.3, 0.4) is 0 Å². The summed E-state index contributed by atoms with van der Waals surface area (Å²) in [4.78, 5) is 15.5. The Morgan fingerprint density at radius 1 is 1.11 bits per heavy atom. The van der Waals surface area contributed by atoms with E-state index in [1.54, 1.807) is 0 Å². The van der Waals surface area contributed by atoms with Gasteiger partial charge in [-0.1, -0.05) is 63.3 Å². The molecule has 1 aliphatic heterocycles. The zero-order valence-corrected chi connectivity index (χ0v) is 18.3. The lowest BCUT2D eigenvalue weighted by Gasteiger charge is -2.42. The Hall–Kier alpha value is -1.39. The summed E-state index contributed by atoms with van der Waals surface area (Å²) in [5, 5.41) is 0.146. The van der Waals surface area contributed by atoms with Crippen LogP contribution in [0, 0.1) is 23.7 Å². The topological polar surface area (TPSA) is 29.5 Å². The molecule has 3 nitrogen and oxygen atoms in total. The molecule has 146 valence electrons. The quantitative estimate of drug-likeness (QED) is 0.537. The number of benzene rings is 1. The van der Waals surface area contributed by atoms with E-state index in [4.69, 9.17) is 4.43 Å². The van der Waals surface area contributed by atoms with E-state index in [2.05, 4.69) is 75.2 Å². The number of rotatable bonds is 5. The van der Waals surface area contributed by atoms with E-state index >= 15 is 0 Å². The van der Waals surface area contributed by atoms with Crippen molar-refractivity contribution in [3.8, 4) is 0 Å². The van der Waals surface area contributed by atoms with Crippen LogP contribution in [0.2, 0.25) is 18.1 Å². The monoisotopic (exact) mass is 383 g/mol. The molecule has 5 atom stereocenters. The van der Waals surface area contributed by atoms with Gasteiger partial charge in [-0.25, -0.2) is 0 Å². The van der Waals surface area contributed by atoms with Crippen LogP contribution in [-0.4, -0.2) is 31.9 Å². The Morgan fingerprint density at radius 3 is 2.44 bits per heavy atom. The molecule has 0 aromatic heterocycles. The molecule has 4 heteroatoms. The van der Waals surface area contributed by atoms with E-state index in [0.29, 0.717) is 23.7 Å². The Labute approximate surface area is 164 Å². The molecule has 27 heavy (non-hydrogen) atoms. The number of hydrogen-bond acceptors (Lipinski definition) is 2. The molecule has 4 rings (SSSR count). The number of nitrogens with zero attached hydrogens (tertiary/aromatic N) is 1. The van der Waals surface area contributed by atoms with Crippen LogP contribution in [-0.2, 0) is 15.6 Å². The van der Waals surface area contributed by atoms with Gasteiger partial charge in [0.05, 0.1) is 5.92 Å². The molecule has 1 aromatic carbocycles. The van der Waals surface area contributed by atoms with Gasteiger partial charge >= 0.3 is 0 Å². The van der Waals surface area contributed by atoms with Crippen LogP contribution in [0.15, 0.2) is 42.5 Å². The molecule has 3 aliphatic rings. The van der Waals surface area contributed by atoms with Crippen molar-refractivity contribution in [1.82, 2.24) is 4.90 Å². The predicted molar refractivity (Wildman–Crippen MR) is 112 cm³/mol. The van der Waals surface area contributed by atoms with Crippen molar-refractivity contribution in [3.05, 3.63) is 48.0 Å². The van der Waals surface area contributed by atoms with Gasteiger partial charge in [0.2, 0.25) is 5.91 Å².